The van der Waals surface area contributed by atoms with Gasteiger partial charge in [-0.25, -0.2) is 4.98 Å². The molecule has 0 fully saturated rings. The minimum Gasteiger partial charge on any atom is -0.399 e. The summed E-state index contributed by atoms with van der Waals surface area (Å²) in [6.07, 6.45) is 3.45. The Labute approximate surface area is 90.1 Å². The van der Waals surface area contributed by atoms with Gasteiger partial charge < -0.3 is 10.6 Å². The van der Waals surface area contributed by atoms with Crippen molar-refractivity contribution in [2.45, 2.75) is 19.8 Å². The summed E-state index contributed by atoms with van der Waals surface area (Å²) in [5.41, 5.74) is 6.81. The largest absolute Gasteiger partial charge is 0.399 e. The highest BCUT2D eigenvalue weighted by Crippen LogP contribution is 2.25. The third kappa shape index (κ3) is 2.94. The van der Waals surface area contributed by atoms with E-state index in [9.17, 15) is 0 Å². The topological polar surface area (TPSA) is 60.5 Å². The molecule has 1 rings (SSSR count). The number of nitrogen functional groups attached to an aromatic ring is 1. The van der Waals surface area contributed by atoms with E-state index in [1.165, 1.54) is 7.11 Å². The highest BCUT2D eigenvalue weighted by molar-refractivity contribution is 5.70. The van der Waals surface area contributed by atoms with Crippen molar-refractivity contribution in [3.63, 3.8) is 0 Å². The lowest BCUT2D eigenvalue weighted by Gasteiger charge is -2.17. The maximum absolute atomic E-state index is 5.82. The zero-order chi connectivity index (χ0) is 11.3. The minimum absolute atomic E-state index is 0.138. The molecule has 1 atom stereocenters. The van der Waals surface area contributed by atoms with E-state index in [4.69, 9.17) is 10.6 Å². The first-order valence-corrected chi connectivity index (χ1v) is 4.93. The molecule has 0 aromatic carbocycles. The highest BCUT2D eigenvalue weighted by atomic mass is 16.6. The number of hydrogen-bond donors (Lipinski definition) is 1. The Kier molecular flexibility index (Phi) is 4.09. The van der Waals surface area contributed by atoms with E-state index in [0.29, 0.717) is 11.7 Å². The van der Waals surface area contributed by atoms with Gasteiger partial charge in [0.1, 0.15) is 12.9 Å². The van der Waals surface area contributed by atoms with Crippen molar-refractivity contribution in [2.75, 3.05) is 12.8 Å². The Hall–Kier alpha value is -1.58. The number of pyridine rings is 1. The number of rotatable bonds is 4. The average molecular weight is 207 g/mol. The Balaban J connectivity index is 2.99. The molecule has 0 radical (unpaired) electrons. The van der Waals surface area contributed by atoms with Crippen LogP contribution < -0.4 is 5.73 Å². The minimum atomic E-state index is 0.138. The maximum atomic E-state index is 5.82. The second-order valence-electron chi connectivity index (χ2n) is 3.68. The molecule has 1 aromatic heterocycles. The van der Waals surface area contributed by atoms with Gasteiger partial charge in [-0.15, -0.1) is 0 Å². The first kappa shape index (κ1) is 11.5. The average Bonchev–Trinajstić information content (AvgIpc) is 2.20. The van der Waals surface area contributed by atoms with Crippen LogP contribution in [0.2, 0.25) is 0 Å². The normalized spacial score (nSPS) is 13.3. The van der Waals surface area contributed by atoms with E-state index < -0.39 is 0 Å². The predicted molar refractivity (Wildman–Crippen MR) is 61.7 cm³/mol. The van der Waals surface area contributed by atoms with Gasteiger partial charge in [0.2, 0.25) is 0 Å². The van der Waals surface area contributed by atoms with Gasteiger partial charge in [0.05, 0.1) is 6.21 Å². The summed E-state index contributed by atoms with van der Waals surface area (Å²) in [7, 11) is 1.53. The molecule has 2 N–H and O–H groups in total. The second kappa shape index (κ2) is 5.34. The number of nitrogens with two attached hydrogens (primary N) is 1. The fourth-order valence-corrected chi connectivity index (χ4v) is 1.45. The lowest BCUT2D eigenvalue weighted by atomic mass is 9.90. The first-order chi connectivity index (χ1) is 7.16. The van der Waals surface area contributed by atoms with Crippen LogP contribution in [0.25, 0.3) is 0 Å². The number of oxime groups is 1. The van der Waals surface area contributed by atoms with Crippen LogP contribution in [0.4, 0.5) is 5.82 Å². The van der Waals surface area contributed by atoms with Crippen LogP contribution in [0.15, 0.2) is 23.5 Å². The quantitative estimate of drug-likeness (QED) is 0.607. The van der Waals surface area contributed by atoms with Crippen LogP contribution in [0, 0.1) is 5.92 Å². The van der Waals surface area contributed by atoms with Crippen molar-refractivity contribution >= 4 is 12.0 Å². The van der Waals surface area contributed by atoms with Crippen LogP contribution in [0.1, 0.15) is 25.3 Å². The monoisotopic (exact) mass is 207 g/mol. The molecule has 1 heterocycles. The van der Waals surface area contributed by atoms with Crippen LogP contribution in [-0.4, -0.2) is 18.3 Å². The molecule has 0 aliphatic rings. The Morgan fingerprint density at radius 1 is 1.53 bits per heavy atom. The number of anilines is 1. The molecular weight excluding hydrogens is 190 g/mol. The van der Waals surface area contributed by atoms with E-state index >= 15 is 0 Å². The lowest BCUT2D eigenvalue weighted by molar-refractivity contribution is 0.213. The molecule has 0 spiro atoms. The number of nitrogens with zero attached hydrogens (tertiary/aromatic N) is 2. The summed E-state index contributed by atoms with van der Waals surface area (Å²) in [5, 5.41) is 3.80. The Bertz CT molecular complexity index is 336. The molecule has 1 aromatic rings. The van der Waals surface area contributed by atoms with Crippen LogP contribution in [0.5, 0.6) is 0 Å². The smallest absolute Gasteiger partial charge is 0.127 e. The van der Waals surface area contributed by atoms with Gasteiger partial charge in [-0.2, -0.15) is 0 Å². The second-order valence-corrected chi connectivity index (χ2v) is 3.68. The van der Waals surface area contributed by atoms with E-state index in [2.05, 4.69) is 24.0 Å². The van der Waals surface area contributed by atoms with Gasteiger partial charge in [0, 0.05) is 17.7 Å². The number of hydrogen-bond acceptors (Lipinski definition) is 4. The van der Waals surface area contributed by atoms with E-state index in [-0.39, 0.29) is 5.92 Å². The predicted octanol–water partition coefficient (Wildman–Crippen LogP) is 2.04. The summed E-state index contributed by atoms with van der Waals surface area (Å²) >= 11 is 0. The van der Waals surface area contributed by atoms with Gasteiger partial charge >= 0.3 is 0 Å². The molecule has 4 heteroatoms. The van der Waals surface area contributed by atoms with Crippen molar-refractivity contribution in [3.05, 3.63) is 23.9 Å². The Morgan fingerprint density at radius 3 is 2.80 bits per heavy atom. The van der Waals surface area contributed by atoms with Crippen molar-refractivity contribution < 1.29 is 4.84 Å². The number of aromatic nitrogens is 1. The summed E-state index contributed by atoms with van der Waals surface area (Å²) in [6, 6.07) is 3.84. The molecule has 0 saturated heterocycles. The molecule has 0 amide bonds. The van der Waals surface area contributed by atoms with Crippen LogP contribution in [0.3, 0.4) is 0 Å². The standard InChI is InChI=1S/C11H17N3O/c1-8(2)10(7-14-15-3)9-5-4-6-13-11(9)12/h4-8,10H,1-3H3,(H2,12,13)/b14-7+. The fourth-order valence-electron chi connectivity index (χ4n) is 1.45. The molecule has 82 valence electrons. The summed E-state index contributed by atoms with van der Waals surface area (Å²) in [4.78, 5) is 8.76. The fraction of sp³-hybridized carbons (Fsp3) is 0.455. The van der Waals surface area contributed by atoms with E-state index in [0.717, 1.165) is 5.56 Å². The molecule has 15 heavy (non-hydrogen) atoms. The molecule has 0 aliphatic carbocycles. The van der Waals surface area contributed by atoms with E-state index in [1.54, 1.807) is 12.4 Å². The molecule has 0 bridgehead atoms. The molecular formula is C11H17N3O. The Morgan fingerprint density at radius 2 is 2.27 bits per heavy atom. The zero-order valence-electron chi connectivity index (χ0n) is 9.34. The summed E-state index contributed by atoms with van der Waals surface area (Å²) < 4.78 is 0. The van der Waals surface area contributed by atoms with Crippen molar-refractivity contribution in [3.8, 4) is 0 Å². The van der Waals surface area contributed by atoms with Crippen molar-refractivity contribution in [2.24, 2.45) is 11.1 Å². The molecule has 0 saturated carbocycles. The van der Waals surface area contributed by atoms with Crippen molar-refractivity contribution in [1.82, 2.24) is 4.98 Å². The summed E-state index contributed by atoms with van der Waals surface area (Å²) in [5.74, 6) is 1.09. The van der Waals surface area contributed by atoms with Crippen LogP contribution >= 0.6 is 0 Å². The maximum Gasteiger partial charge on any atom is 0.127 e. The molecule has 0 aliphatic heterocycles. The van der Waals surface area contributed by atoms with Gasteiger partial charge in [-0.3, -0.25) is 0 Å². The summed E-state index contributed by atoms with van der Waals surface area (Å²) in [6.45, 7) is 4.22. The molecule has 1 unspecified atom stereocenters. The van der Waals surface area contributed by atoms with Gasteiger partial charge in [-0.1, -0.05) is 25.1 Å². The third-order valence-electron chi connectivity index (χ3n) is 2.28. The van der Waals surface area contributed by atoms with Gasteiger partial charge in [0.25, 0.3) is 0 Å². The SMILES string of the molecule is CO/N=C/C(c1cccnc1N)C(C)C. The lowest BCUT2D eigenvalue weighted by Crippen LogP contribution is -2.11. The first-order valence-electron chi connectivity index (χ1n) is 4.93. The van der Waals surface area contributed by atoms with Gasteiger partial charge in [0.15, 0.2) is 0 Å². The zero-order valence-corrected chi connectivity index (χ0v) is 9.34. The third-order valence-corrected chi connectivity index (χ3v) is 2.28. The highest BCUT2D eigenvalue weighted by Gasteiger charge is 2.16. The van der Waals surface area contributed by atoms with E-state index in [1.807, 2.05) is 12.1 Å². The van der Waals surface area contributed by atoms with Gasteiger partial charge in [-0.05, 0) is 12.0 Å². The van der Waals surface area contributed by atoms with Crippen molar-refractivity contribution in [1.29, 1.82) is 0 Å². The van der Waals surface area contributed by atoms with Crippen LogP contribution in [-0.2, 0) is 4.84 Å². The molecule has 4 nitrogen and oxygen atoms in total.